The van der Waals surface area contributed by atoms with Crippen molar-refractivity contribution in [2.24, 2.45) is 0 Å². The zero-order valence-corrected chi connectivity index (χ0v) is 18.2. The maximum absolute atomic E-state index is 13.3. The summed E-state index contributed by atoms with van der Waals surface area (Å²) in [7, 11) is -3.90. The number of sulfonamides is 1. The first kappa shape index (κ1) is 22.5. The van der Waals surface area contributed by atoms with Crippen molar-refractivity contribution < 1.29 is 27.1 Å². The van der Waals surface area contributed by atoms with Crippen LogP contribution in [0.4, 0.5) is 4.39 Å². The molecule has 1 fully saturated rings. The Morgan fingerprint density at radius 2 is 2.00 bits per heavy atom. The van der Waals surface area contributed by atoms with Crippen molar-refractivity contribution in [3.05, 3.63) is 52.6 Å². The molecule has 164 valence electrons. The zero-order chi connectivity index (χ0) is 21.9. The van der Waals surface area contributed by atoms with E-state index in [9.17, 15) is 17.6 Å². The number of H-pyrrole nitrogens is 1. The van der Waals surface area contributed by atoms with E-state index >= 15 is 0 Å². The number of benzene rings is 1. The van der Waals surface area contributed by atoms with Crippen LogP contribution in [0.5, 0.6) is 0 Å². The molecule has 9 heteroatoms. The first-order valence-electron chi connectivity index (χ1n) is 9.96. The molecule has 3 rings (SSSR count). The van der Waals surface area contributed by atoms with Crippen LogP contribution in [0.3, 0.4) is 0 Å². The highest BCUT2D eigenvalue weighted by molar-refractivity contribution is 7.89. The summed E-state index contributed by atoms with van der Waals surface area (Å²) in [4.78, 5) is 15.2. The molecule has 0 aliphatic carbocycles. The average Bonchev–Trinajstić information content (AvgIpc) is 3.31. The highest BCUT2D eigenvalue weighted by Gasteiger charge is 2.31. The molecule has 2 heterocycles. The van der Waals surface area contributed by atoms with E-state index in [0.717, 1.165) is 25.0 Å². The molecule has 0 saturated carbocycles. The Morgan fingerprint density at radius 1 is 1.30 bits per heavy atom. The maximum atomic E-state index is 13.3. The topological polar surface area (TPSA) is 88.7 Å². The summed E-state index contributed by atoms with van der Waals surface area (Å²) >= 11 is 0. The van der Waals surface area contributed by atoms with Crippen molar-refractivity contribution >= 4 is 16.0 Å². The van der Waals surface area contributed by atoms with Crippen molar-refractivity contribution in [2.75, 3.05) is 19.8 Å². The lowest BCUT2D eigenvalue weighted by molar-refractivity contribution is 0.0519. The van der Waals surface area contributed by atoms with Gasteiger partial charge in [-0.2, -0.15) is 4.31 Å². The minimum absolute atomic E-state index is 0.0124. The number of hydrogen-bond donors (Lipinski definition) is 1. The molecule has 7 nitrogen and oxygen atoms in total. The number of esters is 1. The lowest BCUT2D eigenvalue weighted by Gasteiger charge is -2.25. The van der Waals surface area contributed by atoms with E-state index in [1.165, 1.54) is 16.4 Å². The molecule has 30 heavy (non-hydrogen) atoms. The number of carbonyl (C=O) groups excluding carboxylic acids is 1. The van der Waals surface area contributed by atoms with Crippen molar-refractivity contribution in [3.8, 4) is 0 Å². The van der Waals surface area contributed by atoms with E-state index in [1.54, 1.807) is 20.8 Å². The Morgan fingerprint density at radius 3 is 2.60 bits per heavy atom. The van der Waals surface area contributed by atoms with Gasteiger partial charge in [0.1, 0.15) is 11.5 Å². The lowest BCUT2D eigenvalue weighted by atomic mass is 10.1. The number of carbonyl (C=O) groups is 1. The van der Waals surface area contributed by atoms with E-state index in [0.29, 0.717) is 29.1 Å². The number of nitrogens with one attached hydrogen (secondary N) is 1. The first-order valence-corrected chi connectivity index (χ1v) is 11.4. The molecular weight excluding hydrogens is 411 g/mol. The Hall–Kier alpha value is -2.23. The first-order chi connectivity index (χ1) is 14.2. The highest BCUT2D eigenvalue weighted by atomic mass is 32.2. The van der Waals surface area contributed by atoms with E-state index in [4.69, 9.17) is 9.47 Å². The summed E-state index contributed by atoms with van der Waals surface area (Å²) < 4.78 is 52.1. The van der Waals surface area contributed by atoms with Gasteiger partial charge in [0.25, 0.3) is 0 Å². The van der Waals surface area contributed by atoms with Crippen LogP contribution in [0.15, 0.2) is 29.2 Å². The van der Waals surface area contributed by atoms with E-state index in [2.05, 4.69) is 4.98 Å². The quantitative estimate of drug-likeness (QED) is 0.639. The summed E-state index contributed by atoms with van der Waals surface area (Å²) in [6, 6.07) is 4.77. The van der Waals surface area contributed by atoms with Crippen molar-refractivity contribution in [2.45, 2.75) is 51.2 Å². The molecule has 0 radical (unpaired) electrons. The van der Waals surface area contributed by atoms with E-state index < -0.39 is 21.8 Å². The Kier molecular flexibility index (Phi) is 6.95. The van der Waals surface area contributed by atoms with Gasteiger partial charge in [-0.3, -0.25) is 0 Å². The summed E-state index contributed by atoms with van der Waals surface area (Å²) in [6.45, 7) is 6.37. The van der Waals surface area contributed by atoms with Crippen LogP contribution in [-0.4, -0.2) is 49.5 Å². The normalized spacial score (nSPS) is 16.9. The van der Waals surface area contributed by atoms with Gasteiger partial charge in [-0.25, -0.2) is 17.6 Å². The van der Waals surface area contributed by atoms with Crippen molar-refractivity contribution in [1.82, 2.24) is 9.29 Å². The van der Waals surface area contributed by atoms with Crippen LogP contribution < -0.4 is 0 Å². The Bertz CT molecular complexity index is 995. The van der Waals surface area contributed by atoms with Crippen LogP contribution in [-0.2, 0) is 26.0 Å². The molecule has 0 bridgehead atoms. The Labute approximate surface area is 176 Å². The van der Waals surface area contributed by atoms with Gasteiger partial charge < -0.3 is 14.5 Å². The van der Waals surface area contributed by atoms with E-state index in [1.807, 2.05) is 0 Å². The van der Waals surface area contributed by atoms with Crippen LogP contribution in [0.2, 0.25) is 0 Å². The summed E-state index contributed by atoms with van der Waals surface area (Å²) in [6.07, 6.45) is 1.45. The third kappa shape index (κ3) is 4.74. The van der Waals surface area contributed by atoms with Gasteiger partial charge in [0, 0.05) is 25.4 Å². The molecule has 1 aliphatic heterocycles. The third-order valence-electron chi connectivity index (χ3n) is 5.29. The molecule has 1 aliphatic rings. The number of hydrogen-bond acceptors (Lipinski definition) is 5. The fourth-order valence-electron chi connectivity index (χ4n) is 3.63. The molecule has 0 spiro atoms. The molecular formula is C21H27FN2O5S. The molecule has 1 atom stereocenters. The molecule has 2 aromatic rings. The zero-order valence-electron chi connectivity index (χ0n) is 17.4. The SMILES string of the molecule is CCOC(=O)c1[nH]c(C)c(CN(C[C@@H]2CCCO2)S(=O)(=O)c2ccc(F)cc2)c1C. The largest absolute Gasteiger partial charge is 0.461 e. The van der Waals surface area contributed by atoms with Gasteiger partial charge in [-0.15, -0.1) is 0 Å². The minimum Gasteiger partial charge on any atom is -0.461 e. The van der Waals surface area contributed by atoms with Crippen LogP contribution in [0.25, 0.3) is 0 Å². The molecule has 1 aromatic heterocycles. The van der Waals surface area contributed by atoms with Crippen LogP contribution in [0, 0.1) is 19.7 Å². The number of aromatic nitrogens is 1. The van der Waals surface area contributed by atoms with Gasteiger partial charge in [-0.1, -0.05) is 0 Å². The molecule has 1 aromatic carbocycles. The summed E-state index contributed by atoms with van der Waals surface area (Å²) in [5, 5.41) is 0. The van der Waals surface area contributed by atoms with E-state index in [-0.39, 0.29) is 30.7 Å². The van der Waals surface area contributed by atoms with Gasteiger partial charge in [-0.05, 0) is 69.0 Å². The van der Waals surface area contributed by atoms with Crippen LogP contribution in [0.1, 0.15) is 47.1 Å². The standard InChI is InChI=1S/C21H27FN2O5S/c1-4-28-21(25)20-14(2)19(15(3)23-20)13-24(12-17-6-5-11-29-17)30(26,27)18-9-7-16(22)8-10-18/h7-10,17,23H,4-6,11-13H2,1-3H3/t17-/m0/s1. The predicted molar refractivity (Wildman–Crippen MR) is 109 cm³/mol. The maximum Gasteiger partial charge on any atom is 0.355 e. The molecule has 1 saturated heterocycles. The molecule has 0 amide bonds. The fourth-order valence-corrected chi connectivity index (χ4v) is 5.07. The number of nitrogens with zero attached hydrogens (tertiary/aromatic N) is 1. The van der Waals surface area contributed by atoms with Gasteiger partial charge in [0.2, 0.25) is 10.0 Å². The Balaban J connectivity index is 1.95. The summed E-state index contributed by atoms with van der Waals surface area (Å²) in [5.74, 6) is -0.979. The number of halogens is 1. The molecule has 1 N–H and O–H groups in total. The fraction of sp³-hybridized carbons (Fsp3) is 0.476. The van der Waals surface area contributed by atoms with Gasteiger partial charge >= 0.3 is 5.97 Å². The second-order valence-electron chi connectivity index (χ2n) is 7.34. The predicted octanol–water partition coefficient (Wildman–Crippen LogP) is 3.32. The van der Waals surface area contributed by atoms with Gasteiger partial charge in [0.15, 0.2) is 0 Å². The number of rotatable bonds is 8. The highest BCUT2D eigenvalue weighted by Crippen LogP contribution is 2.26. The second kappa shape index (κ2) is 9.28. The second-order valence-corrected chi connectivity index (χ2v) is 9.27. The van der Waals surface area contributed by atoms with Crippen LogP contribution >= 0.6 is 0 Å². The number of ether oxygens (including phenoxy) is 2. The number of aromatic amines is 1. The smallest absolute Gasteiger partial charge is 0.355 e. The minimum atomic E-state index is -3.90. The number of aryl methyl sites for hydroxylation is 1. The monoisotopic (exact) mass is 438 g/mol. The average molecular weight is 439 g/mol. The van der Waals surface area contributed by atoms with Gasteiger partial charge in [0.05, 0.1) is 17.6 Å². The van der Waals surface area contributed by atoms with Crippen molar-refractivity contribution in [1.29, 1.82) is 0 Å². The lowest BCUT2D eigenvalue weighted by Crippen LogP contribution is -2.37. The molecule has 0 unspecified atom stereocenters. The third-order valence-corrected chi connectivity index (χ3v) is 7.12. The van der Waals surface area contributed by atoms with Crippen molar-refractivity contribution in [3.63, 3.8) is 0 Å². The summed E-state index contributed by atoms with van der Waals surface area (Å²) in [5.41, 5.74) is 2.38.